The summed E-state index contributed by atoms with van der Waals surface area (Å²) in [7, 11) is 0. The Morgan fingerprint density at radius 1 is 1.38 bits per heavy atom. The van der Waals surface area contributed by atoms with E-state index in [0.717, 1.165) is 12.2 Å². The fourth-order valence-corrected chi connectivity index (χ4v) is 2.87. The minimum absolute atomic E-state index is 0.140. The minimum Gasteiger partial charge on any atom is -0.379 e. The van der Waals surface area contributed by atoms with Crippen LogP contribution in [-0.4, -0.2) is 18.1 Å². The van der Waals surface area contributed by atoms with Crippen LogP contribution in [0.5, 0.6) is 0 Å². The Bertz CT molecular complexity index is 424. The number of rotatable bonds is 1. The van der Waals surface area contributed by atoms with E-state index in [1.165, 1.54) is 18.9 Å². The van der Waals surface area contributed by atoms with Gasteiger partial charge in [0.25, 0.3) is 0 Å². The summed E-state index contributed by atoms with van der Waals surface area (Å²) in [6, 6.07) is 5.76. The van der Waals surface area contributed by atoms with Gasteiger partial charge >= 0.3 is 0 Å². The quantitative estimate of drug-likeness (QED) is 0.782. The van der Waals surface area contributed by atoms with E-state index in [9.17, 15) is 4.39 Å². The Morgan fingerprint density at radius 2 is 2.12 bits per heavy atom. The Hall–Kier alpha value is -1.25. The van der Waals surface area contributed by atoms with Crippen molar-refractivity contribution in [1.82, 2.24) is 0 Å². The lowest BCUT2D eigenvalue weighted by atomic mass is 10.0. The van der Waals surface area contributed by atoms with Gasteiger partial charge in [-0.05, 0) is 38.8 Å². The van der Waals surface area contributed by atoms with Gasteiger partial charge in [0.15, 0.2) is 0 Å². The van der Waals surface area contributed by atoms with E-state index in [-0.39, 0.29) is 11.4 Å². The maximum absolute atomic E-state index is 13.7. The van der Waals surface area contributed by atoms with Crippen molar-refractivity contribution >= 4 is 11.4 Å². The maximum Gasteiger partial charge on any atom is 0.148 e. The minimum atomic E-state index is -0.140. The van der Waals surface area contributed by atoms with E-state index in [1.54, 1.807) is 6.07 Å². The normalized spacial score (nSPS) is 20.9. The lowest BCUT2D eigenvalue weighted by molar-refractivity contribution is 0.530. The summed E-state index contributed by atoms with van der Waals surface area (Å²) in [4.78, 5) is 2.39. The standard InChI is InChI=1S/C13H17FN2/c1-9(2)16-11-5-3-4-10(14)12(11)15-8-13(16)6-7-13/h3-5,9,15H,6-8H2,1-2H3. The van der Waals surface area contributed by atoms with Crippen LogP contribution in [0.2, 0.25) is 0 Å². The van der Waals surface area contributed by atoms with Gasteiger partial charge in [0, 0.05) is 12.6 Å². The highest BCUT2D eigenvalue weighted by atomic mass is 19.1. The number of halogens is 1. The molecule has 0 atom stereocenters. The van der Waals surface area contributed by atoms with Crippen LogP contribution in [-0.2, 0) is 0 Å². The highest BCUT2D eigenvalue weighted by molar-refractivity contribution is 5.75. The van der Waals surface area contributed by atoms with Crippen LogP contribution in [0.4, 0.5) is 15.8 Å². The second kappa shape index (κ2) is 3.12. The molecule has 1 saturated carbocycles. The first-order valence-corrected chi connectivity index (χ1v) is 5.96. The molecule has 2 aliphatic rings. The van der Waals surface area contributed by atoms with Gasteiger partial charge in [-0.1, -0.05) is 6.07 Å². The molecule has 16 heavy (non-hydrogen) atoms. The van der Waals surface area contributed by atoms with Crippen molar-refractivity contribution in [3.63, 3.8) is 0 Å². The van der Waals surface area contributed by atoms with Crippen LogP contribution < -0.4 is 10.2 Å². The predicted molar refractivity (Wildman–Crippen MR) is 64.5 cm³/mol. The molecule has 1 heterocycles. The molecule has 0 saturated heterocycles. The third kappa shape index (κ3) is 1.24. The summed E-state index contributed by atoms with van der Waals surface area (Å²) >= 11 is 0. The van der Waals surface area contributed by atoms with Crippen molar-refractivity contribution < 1.29 is 4.39 Å². The average Bonchev–Trinajstić information content (AvgIpc) is 2.98. The zero-order valence-electron chi connectivity index (χ0n) is 9.76. The molecule has 3 rings (SSSR count). The second-order valence-electron chi connectivity index (χ2n) is 5.18. The van der Waals surface area contributed by atoms with Crippen molar-refractivity contribution in [1.29, 1.82) is 0 Å². The number of anilines is 2. The van der Waals surface area contributed by atoms with Gasteiger partial charge in [0.1, 0.15) is 5.82 Å². The average molecular weight is 220 g/mol. The second-order valence-corrected chi connectivity index (χ2v) is 5.18. The molecule has 0 radical (unpaired) electrons. The lowest BCUT2D eigenvalue weighted by Crippen LogP contribution is -2.50. The SMILES string of the molecule is CC(C)N1c2cccc(F)c2NCC12CC2. The highest BCUT2D eigenvalue weighted by Crippen LogP contribution is 2.50. The van der Waals surface area contributed by atoms with Gasteiger partial charge in [-0.3, -0.25) is 0 Å². The van der Waals surface area contributed by atoms with Crippen LogP contribution in [0.15, 0.2) is 18.2 Å². The van der Waals surface area contributed by atoms with E-state index < -0.39 is 0 Å². The van der Waals surface area contributed by atoms with Crippen molar-refractivity contribution in [2.24, 2.45) is 0 Å². The number of hydrogen-bond acceptors (Lipinski definition) is 2. The first-order valence-electron chi connectivity index (χ1n) is 5.96. The summed E-state index contributed by atoms with van der Waals surface area (Å²) < 4.78 is 13.7. The first-order chi connectivity index (χ1) is 7.64. The lowest BCUT2D eigenvalue weighted by Gasteiger charge is -2.43. The third-order valence-corrected chi connectivity index (χ3v) is 3.70. The van der Waals surface area contributed by atoms with E-state index in [1.807, 2.05) is 6.07 Å². The molecular formula is C13H17FN2. The number of hydrogen-bond donors (Lipinski definition) is 1. The molecule has 2 nitrogen and oxygen atoms in total. The van der Waals surface area contributed by atoms with Crippen molar-refractivity contribution in [3.05, 3.63) is 24.0 Å². The van der Waals surface area contributed by atoms with Gasteiger partial charge in [0.2, 0.25) is 0 Å². The summed E-state index contributed by atoms with van der Waals surface area (Å²) in [6.07, 6.45) is 2.43. The highest BCUT2D eigenvalue weighted by Gasteiger charge is 2.51. The summed E-state index contributed by atoms with van der Waals surface area (Å²) in [5, 5.41) is 3.25. The van der Waals surface area contributed by atoms with Crippen LogP contribution in [0, 0.1) is 5.82 Å². The molecule has 1 spiro atoms. The molecular weight excluding hydrogens is 203 g/mol. The van der Waals surface area contributed by atoms with E-state index in [4.69, 9.17) is 0 Å². The van der Waals surface area contributed by atoms with E-state index in [2.05, 4.69) is 24.1 Å². The number of benzene rings is 1. The van der Waals surface area contributed by atoms with Crippen LogP contribution >= 0.6 is 0 Å². The van der Waals surface area contributed by atoms with Crippen LogP contribution in [0.3, 0.4) is 0 Å². The molecule has 1 aliphatic carbocycles. The molecule has 0 unspecified atom stereocenters. The van der Waals surface area contributed by atoms with Crippen LogP contribution in [0.1, 0.15) is 26.7 Å². The van der Waals surface area contributed by atoms with Crippen molar-refractivity contribution in [2.75, 3.05) is 16.8 Å². The van der Waals surface area contributed by atoms with Crippen molar-refractivity contribution in [3.8, 4) is 0 Å². The molecule has 0 amide bonds. The molecule has 1 aromatic carbocycles. The van der Waals surface area contributed by atoms with Gasteiger partial charge in [0.05, 0.1) is 16.9 Å². The van der Waals surface area contributed by atoms with Crippen molar-refractivity contribution in [2.45, 2.75) is 38.3 Å². The molecule has 0 bridgehead atoms. The Morgan fingerprint density at radius 3 is 2.75 bits per heavy atom. The topological polar surface area (TPSA) is 15.3 Å². The summed E-state index contributed by atoms with van der Waals surface area (Å²) in [5.74, 6) is -0.140. The number of nitrogens with one attached hydrogen (secondary N) is 1. The third-order valence-electron chi connectivity index (χ3n) is 3.70. The Kier molecular flexibility index (Phi) is 1.94. The Balaban J connectivity index is 2.11. The molecule has 1 aliphatic heterocycles. The zero-order chi connectivity index (χ0) is 11.3. The van der Waals surface area contributed by atoms with Crippen LogP contribution in [0.25, 0.3) is 0 Å². The predicted octanol–water partition coefficient (Wildman–Crippen LogP) is 3.00. The fraction of sp³-hybridized carbons (Fsp3) is 0.538. The van der Waals surface area contributed by atoms with E-state index in [0.29, 0.717) is 11.7 Å². The van der Waals surface area contributed by atoms with Gasteiger partial charge in [-0.25, -0.2) is 4.39 Å². The zero-order valence-corrected chi connectivity index (χ0v) is 9.76. The number of nitrogens with zero attached hydrogens (tertiary/aromatic N) is 1. The molecule has 1 fully saturated rings. The van der Waals surface area contributed by atoms with Gasteiger partial charge < -0.3 is 10.2 Å². The van der Waals surface area contributed by atoms with Gasteiger partial charge in [-0.2, -0.15) is 0 Å². The molecule has 0 aromatic heterocycles. The molecule has 3 heteroatoms. The van der Waals surface area contributed by atoms with Gasteiger partial charge in [-0.15, -0.1) is 0 Å². The molecule has 1 N–H and O–H groups in total. The largest absolute Gasteiger partial charge is 0.379 e. The summed E-state index contributed by atoms with van der Waals surface area (Å²) in [6.45, 7) is 5.24. The molecule has 86 valence electrons. The summed E-state index contributed by atoms with van der Waals surface area (Å²) in [5.41, 5.74) is 1.96. The fourth-order valence-electron chi connectivity index (χ4n) is 2.87. The first kappa shape index (κ1) is 9.94. The monoisotopic (exact) mass is 220 g/mol. The van der Waals surface area contributed by atoms with E-state index >= 15 is 0 Å². The number of para-hydroxylation sites is 1. The maximum atomic E-state index is 13.7. The smallest absolute Gasteiger partial charge is 0.148 e. The number of fused-ring (bicyclic) bond motifs is 1. The molecule has 1 aromatic rings. The Labute approximate surface area is 95.4 Å².